The second-order valence-electron chi connectivity index (χ2n) is 4.64. The van der Waals surface area contributed by atoms with Crippen molar-refractivity contribution in [2.75, 3.05) is 12.3 Å². The number of H-pyrrole nitrogens is 1. The molecule has 0 radical (unpaired) electrons. The molecule has 19 heavy (non-hydrogen) atoms. The van der Waals surface area contributed by atoms with Crippen LogP contribution in [0.3, 0.4) is 0 Å². The molecule has 2 aromatic heterocycles. The van der Waals surface area contributed by atoms with E-state index in [0.717, 1.165) is 28.5 Å². The van der Waals surface area contributed by atoms with E-state index in [1.807, 2.05) is 0 Å². The summed E-state index contributed by atoms with van der Waals surface area (Å²) in [5.41, 5.74) is 1.67. The number of aromatic amines is 1. The molecule has 0 aromatic carbocycles. The van der Waals surface area contributed by atoms with Crippen molar-refractivity contribution < 1.29 is 0 Å². The number of nitrogens with zero attached hydrogens (tertiary/aromatic N) is 3. The summed E-state index contributed by atoms with van der Waals surface area (Å²) in [7, 11) is 0. The van der Waals surface area contributed by atoms with E-state index in [1.165, 1.54) is 6.42 Å². The van der Waals surface area contributed by atoms with Gasteiger partial charge in [0.05, 0.1) is 6.33 Å². The minimum absolute atomic E-state index is 0.507. The zero-order chi connectivity index (χ0) is 13.7. The Hall–Kier alpha value is -1.14. The van der Waals surface area contributed by atoms with E-state index in [9.17, 15) is 0 Å². The normalized spacial score (nSPS) is 14.7. The van der Waals surface area contributed by atoms with Gasteiger partial charge >= 0.3 is 0 Å². The summed E-state index contributed by atoms with van der Waals surface area (Å²) in [5.74, 6) is 1.67. The van der Waals surface area contributed by atoms with Crippen molar-refractivity contribution in [2.45, 2.75) is 38.3 Å². The number of thioether (sulfide) groups is 1. The van der Waals surface area contributed by atoms with Gasteiger partial charge in [-0.05, 0) is 12.5 Å². The largest absolute Gasteiger partial charge is 0.341 e. The maximum atomic E-state index is 4.35. The van der Waals surface area contributed by atoms with Crippen LogP contribution in [0.1, 0.15) is 27.2 Å². The maximum Gasteiger partial charge on any atom is 0.181 e. The Morgan fingerprint density at radius 2 is 2.16 bits per heavy atom. The Morgan fingerprint density at radius 1 is 1.32 bits per heavy atom. The molecular weight excluding hydrogens is 258 g/mol. The molecule has 0 aliphatic carbocycles. The average Bonchev–Trinajstić information content (AvgIpc) is 2.91. The fraction of sp³-hybridized carbons (Fsp3) is 0.615. The zero-order valence-electron chi connectivity index (χ0n) is 11.7. The lowest BCUT2D eigenvalue weighted by Gasteiger charge is -2.23. The SMILES string of the molecule is CCNC(CSc1ncnc2nc[nH]c12)C(C)CC. The highest BCUT2D eigenvalue weighted by Crippen LogP contribution is 2.24. The highest BCUT2D eigenvalue weighted by molar-refractivity contribution is 7.99. The quantitative estimate of drug-likeness (QED) is 0.602. The van der Waals surface area contributed by atoms with Gasteiger partial charge in [-0.1, -0.05) is 27.2 Å². The molecule has 2 rings (SSSR count). The number of aromatic nitrogens is 4. The fourth-order valence-corrected chi connectivity index (χ4v) is 3.19. The van der Waals surface area contributed by atoms with Gasteiger partial charge < -0.3 is 10.3 Å². The molecule has 2 unspecified atom stereocenters. The first-order valence-corrected chi connectivity index (χ1v) is 7.75. The van der Waals surface area contributed by atoms with Gasteiger partial charge in [0, 0.05) is 11.8 Å². The molecule has 0 aliphatic rings. The van der Waals surface area contributed by atoms with Gasteiger partial charge in [0.2, 0.25) is 0 Å². The lowest BCUT2D eigenvalue weighted by Crippen LogP contribution is -2.36. The first-order chi connectivity index (χ1) is 9.26. The molecular formula is C13H21N5S. The standard InChI is InChI=1S/C13H21N5S/c1-4-9(3)10(14-5-2)6-19-13-11-12(16-7-15-11)17-8-18-13/h7-10,14H,4-6H2,1-3H3,(H,15,16,17,18). The summed E-state index contributed by atoms with van der Waals surface area (Å²) < 4.78 is 0. The molecule has 2 aromatic rings. The van der Waals surface area contributed by atoms with Crippen molar-refractivity contribution in [2.24, 2.45) is 5.92 Å². The van der Waals surface area contributed by atoms with Crippen LogP contribution in [-0.4, -0.2) is 38.3 Å². The molecule has 0 saturated heterocycles. The lowest BCUT2D eigenvalue weighted by molar-refractivity contribution is 0.404. The third-order valence-electron chi connectivity index (χ3n) is 3.38. The van der Waals surface area contributed by atoms with Crippen molar-refractivity contribution in [3.8, 4) is 0 Å². The van der Waals surface area contributed by atoms with E-state index in [-0.39, 0.29) is 0 Å². The van der Waals surface area contributed by atoms with Crippen molar-refractivity contribution >= 4 is 22.9 Å². The molecule has 0 amide bonds. The van der Waals surface area contributed by atoms with Crippen molar-refractivity contribution in [3.05, 3.63) is 12.7 Å². The van der Waals surface area contributed by atoms with E-state index in [1.54, 1.807) is 24.4 Å². The van der Waals surface area contributed by atoms with Gasteiger partial charge in [0.15, 0.2) is 5.65 Å². The second-order valence-corrected chi connectivity index (χ2v) is 5.65. The van der Waals surface area contributed by atoms with Crippen LogP contribution in [0.2, 0.25) is 0 Å². The second kappa shape index (κ2) is 6.86. The van der Waals surface area contributed by atoms with Crippen LogP contribution < -0.4 is 5.32 Å². The van der Waals surface area contributed by atoms with Crippen LogP contribution in [0.25, 0.3) is 11.2 Å². The predicted molar refractivity (Wildman–Crippen MR) is 79.3 cm³/mol. The van der Waals surface area contributed by atoms with Gasteiger partial charge in [-0.2, -0.15) is 0 Å². The Balaban J connectivity index is 2.06. The number of nitrogens with one attached hydrogen (secondary N) is 2. The number of hydrogen-bond donors (Lipinski definition) is 2. The Morgan fingerprint density at radius 3 is 2.89 bits per heavy atom. The minimum atomic E-state index is 0.507. The van der Waals surface area contributed by atoms with Crippen molar-refractivity contribution in [1.82, 2.24) is 25.3 Å². The summed E-state index contributed by atoms with van der Waals surface area (Å²) in [4.78, 5) is 15.8. The molecule has 0 fully saturated rings. The fourth-order valence-electron chi connectivity index (χ4n) is 1.99. The van der Waals surface area contributed by atoms with Gasteiger partial charge in [-0.25, -0.2) is 15.0 Å². The molecule has 2 heterocycles. The summed E-state index contributed by atoms with van der Waals surface area (Å²) in [6.45, 7) is 7.67. The number of hydrogen-bond acceptors (Lipinski definition) is 5. The number of fused-ring (bicyclic) bond motifs is 1. The van der Waals surface area contributed by atoms with Crippen LogP contribution in [0, 0.1) is 5.92 Å². The molecule has 2 atom stereocenters. The predicted octanol–water partition coefficient (Wildman–Crippen LogP) is 2.47. The van der Waals surface area contributed by atoms with E-state index >= 15 is 0 Å². The third-order valence-corrected chi connectivity index (χ3v) is 4.49. The Labute approximate surface area is 118 Å². The first-order valence-electron chi connectivity index (χ1n) is 6.76. The van der Waals surface area contributed by atoms with Gasteiger partial charge in [-0.15, -0.1) is 11.8 Å². The van der Waals surface area contributed by atoms with Crippen molar-refractivity contribution in [3.63, 3.8) is 0 Å². The first kappa shape index (κ1) is 14.3. The highest BCUT2D eigenvalue weighted by atomic mass is 32.2. The lowest BCUT2D eigenvalue weighted by atomic mass is 10.0. The van der Waals surface area contributed by atoms with Gasteiger partial charge in [0.1, 0.15) is 16.9 Å². The molecule has 5 nitrogen and oxygen atoms in total. The highest BCUT2D eigenvalue weighted by Gasteiger charge is 2.16. The molecule has 104 valence electrons. The average molecular weight is 279 g/mol. The van der Waals surface area contributed by atoms with Crippen LogP contribution in [0.15, 0.2) is 17.7 Å². The van der Waals surface area contributed by atoms with E-state index < -0.39 is 0 Å². The maximum absolute atomic E-state index is 4.35. The number of imidazole rings is 1. The molecule has 0 bridgehead atoms. The van der Waals surface area contributed by atoms with Crippen molar-refractivity contribution in [1.29, 1.82) is 0 Å². The summed E-state index contributed by atoms with van der Waals surface area (Å²) in [6.07, 6.45) is 4.43. The third kappa shape index (κ3) is 3.45. The molecule has 2 N–H and O–H groups in total. The molecule has 0 aliphatic heterocycles. The molecule has 0 spiro atoms. The topological polar surface area (TPSA) is 66.5 Å². The zero-order valence-corrected chi connectivity index (χ0v) is 12.5. The molecule has 0 saturated carbocycles. The van der Waals surface area contributed by atoms with Crippen LogP contribution in [0.4, 0.5) is 0 Å². The van der Waals surface area contributed by atoms with Gasteiger partial charge in [-0.3, -0.25) is 0 Å². The number of rotatable bonds is 7. The van der Waals surface area contributed by atoms with Crippen LogP contribution in [-0.2, 0) is 0 Å². The summed E-state index contributed by atoms with van der Waals surface area (Å²) in [6, 6.07) is 0.507. The minimum Gasteiger partial charge on any atom is -0.341 e. The van der Waals surface area contributed by atoms with Gasteiger partial charge in [0.25, 0.3) is 0 Å². The smallest absolute Gasteiger partial charge is 0.181 e. The summed E-state index contributed by atoms with van der Waals surface area (Å²) >= 11 is 1.76. The molecule has 6 heteroatoms. The Kier molecular flexibility index (Phi) is 5.15. The van der Waals surface area contributed by atoms with Crippen LogP contribution in [0.5, 0.6) is 0 Å². The Bertz CT molecular complexity index is 512. The van der Waals surface area contributed by atoms with E-state index in [2.05, 4.69) is 46.0 Å². The summed E-state index contributed by atoms with van der Waals surface area (Å²) in [5, 5.41) is 4.54. The van der Waals surface area contributed by atoms with E-state index in [0.29, 0.717) is 12.0 Å². The van der Waals surface area contributed by atoms with Crippen LogP contribution >= 0.6 is 11.8 Å². The van der Waals surface area contributed by atoms with E-state index in [4.69, 9.17) is 0 Å². The monoisotopic (exact) mass is 279 g/mol.